The molecule has 0 radical (unpaired) electrons. The zero-order valence-electron chi connectivity index (χ0n) is 9.26. The summed E-state index contributed by atoms with van der Waals surface area (Å²) in [6.07, 6.45) is 0. The first kappa shape index (κ1) is 11.9. The molecule has 0 amide bonds. The molecule has 17 heavy (non-hydrogen) atoms. The van der Waals surface area contributed by atoms with Gasteiger partial charge in [-0.2, -0.15) is 0 Å². The highest BCUT2D eigenvalue weighted by molar-refractivity contribution is 6.30. The number of hydrogen-bond acceptors (Lipinski definition) is 2. The van der Waals surface area contributed by atoms with E-state index in [1.165, 1.54) is 6.07 Å². The van der Waals surface area contributed by atoms with Crippen molar-refractivity contribution in [3.05, 3.63) is 46.2 Å². The first-order chi connectivity index (χ1) is 7.99. The van der Waals surface area contributed by atoms with Crippen molar-refractivity contribution in [1.29, 1.82) is 0 Å². The molecule has 0 aliphatic rings. The van der Waals surface area contributed by atoms with Crippen molar-refractivity contribution in [3.63, 3.8) is 0 Å². The molecular formula is C12H9ClF2N2. The minimum atomic E-state index is -0.930. The predicted octanol–water partition coefficient (Wildman–Crippen LogP) is 3.69. The van der Waals surface area contributed by atoms with Gasteiger partial charge in [-0.25, -0.2) is 18.7 Å². The third kappa shape index (κ3) is 2.26. The zero-order valence-corrected chi connectivity index (χ0v) is 10.0. The van der Waals surface area contributed by atoms with Gasteiger partial charge < -0.3 is 0 Å². The Balaban J connectivity index is 2.57. The van der Waals surface area contributed by atoms with Crippen LogP contribution in [-0.4, -0.2) is 9.97 Å². The molecule has 5 heteroatoms. The molecule has 0 aliphatic carbocycles. The fraction of sp³-hybridized carbons (Fsp3) is 0.167. The van der Waals surface area contributed by atoms with Crippen molar-refractivity contribution >= 4 is 11.6 Å². The van der Waals surface area contributed by atoms with E-state index in [9.17, 15) is 8.78 Å². The van der Waals surface area contributed by atoms with Gasteiger partial charge in [-0.3, -0.25) is 0 Å². The predicted molar refractivity (Wildman–Crippen MR) is 61.9 cm³/mol. The van der Waals surface area contributed by atoms with Crippen LogP contribution in [0.4, 0.5) is 8.78 Å². The van der Waals surface area contributed by atoms with Gasteiger partial charge in [0.2, 0.25) is 0 Å². The summed E-state index contributed by atoms with van der Waals surface area (Å²) in [5.74, 6) is -1.54. The Bertz CT molecular complexity index is 562. The van der Waals surface area contributed by atoms with Crippen LogP contribution in [0.5, 0.6) is 0 Å². The summed E-state index contributed by atoms with van der Waals surface area (Å²) in [4.78, 5) is 8.23. The zero-order chi connectivity index (χ0) is 12.6. The van der Waals surface area contributed by atoms with E-state index in [2.05, 4.69) is 9.97 Å². The normalized spacial score (nSPS) is 10.6. The number of nitrogens with zero attached hydrogens (tertiary/aromatic N) is 2. The van der Waals surface area contributed by atoms with E-state index in [1.807, 2.05) is 0 Å². The standard InChI is InChI=1S/C12H9ClF2N2/c1-6-7(2)16-12(17-11(6)13)8-3-4-9(14)10(15)5-8/h3-5H,1-2H3. The number of benzene rings is 1. The molecule has 1 aromatic carbocycles. The molecule has 2 rings (SSSR count). The van der Waals surface area contributed by atoms with Crippen LogP contribution in [0.15, 0.2) is 18.2 Å². The Morgan fingerprint density at radius 1 is 1.06 bits per heavy atom. The Labute approximate surface area is 102 Å². The van der Waals surface area contributed by atoms with E-state index in [0.717, 1.165) is 17.7 Å². The number of hydrogen-bond donors (Lipinski definition) is 0. The summed E-state index contributed by atoms with van der Waals surface area (Å²) in [7, 11) is 0. The van der Waals surface area contributed by atoms with E-state index >= 15 is 0 Å². The fourth-order valence-electron chi connectivity index (χ4n) is 1.36. The molecule has 0 spiro atoms. The molecule has 0 fully saturated rings. The Morgan fingerprint density at radius 3 is 2.35 bits per heavy atom. The molecule has 2 aromatic rings. The number of rotatable bonds is 1. The minimum absolute atomic E-state index is 0.289. The van der Waals surface area contributed by atoms with Crippen molar-refractivity contribution in [2.45, 2.75) is 13.8 Å². The summed E-state index contributed by atoms with van der Waals surface area (Å²) in [6.45, 7) is 3.58. The monoisotopic (exact) mass is 254 g/mol. The highest BCUT2D eigenvalue weighted by atomic mass is 35.5. The average Bonchev–Trinajstić information content (AvgIpc) is 2.29. The molecule has 0 saturated carbocycles. The summed E-state index contributed by atoms with van der Waals surface area (Å²) in [5.41, 5.74) is 1.89. The van der Waals surface area contributed by atoms with Gasteiger partial charge in [-0.1, -0.05) is 11.6 Å². The summed E-state index contributed by atoms with van der Waals surface area (Å²) in [6, 6.07) is 3.51. The lowest BCUT2D eigenvalue weighted by Crippen LogP contribution is -1.97. The van der Waals surface area contributed by atoms with Gasteiger partial charge in [0.25, 0.3) is 0 Å². The first-order valence-electron chi connectivity index (χ1n) is 4.95. The maximum Gasteiger partial charge on any atom is 0.161 e. The number of halogens is 3. The molecule has 0 saturated heterocycles. The maximum atomic E-state index is 13.1. The summed E-state index contributed by atoms with van der Waals surface area (Å²) >= 11 is 5.92. The van der Waals surface area contributed by atoms with E-state index in [-0.39, 0.29) is 5.82 Å². The van der Waals surface area contributed by atoms with Gasteiger partial charge in [0, 0.05) is 16.8 Å². The van der Waals surface area contributed by atoms with Crippen molar-refractivity contribution in [2.24, 2.45) is 0 Å². The highest BCUT2D eigenvalue weighted by Crippen LogP contribution is 2.22. The van der Waals surface area contributed by atoms with Crippen molar-refractivity contribution in [1.82, 2.24) is 9.97 Å². The van der Waals surface area contributed by atoms with Crippen LogP contribution >= 0.6 is 11.6 Å². The van der Waals surface area contributed by atoms with Crippen LogP contribution in [-0.2, 0) is 0 Å². The molecule has 0 atom stereocenters. The van der Waals surface area contributed by atoms with Crippen LogP contribution in [0.25, 0.3) is 11.4 Å². The molecule has 1 aromatic heterocycles. The van der Waals surface area contributed by atoms with Crippen molar-refractivity contribution in [3.8, 4) is 11.4 Å². The van der Waals surface area contributed by atoms with Crippen molar-refractivity contribution in [2.75, 3.05) is 0 Å². The topological polar surface area (TPSA) is 25.8 Å². The quantitative estimate of drug-likeness (QED) is 0.726. The van der Waals surface area contributed by atoms with Crippen LogP contribution in [0.3, 0.4) is 0 Å². The van der Waals surface area contributed by atoms with Crippen molar-refractivity contribution < 1.29 is 8.78 Å². The lowest BCUT2D eigenvalue weighted by molar-refractivity contribution is 0.509. The Morgan fingerprint density at radius 2 is 1.76 bits per heavy atom. The SMILES string of the molecule is Cc1nc(-c2ccc(F)c(F)c2)nc(Cl)c1C. The van der Waals surface area contributed by atoms with Gasteiger partial charge >= 0.3 is 0 Å². The van der Waals surface area contributed by atoms with Gasteiger partial charge in [0.15, 0.2) is 17.5 Å². The van der Waals surface area contributed by atoms with Crippen LogP contribution in [0.2, 0.25) is 5.15 Å². The van der Waals surface area contributed by atoms with Gasteiger partial charge in [0.05, 0.1) is 0 Å². The Hall–Kier alpha value is -1.55. The smallest absolute Gasteiger partial charge is 0.161 e. The summed E-state index contributed by atoms with van der Waals surface area (Å²) < 4.78 is 25.9. The second-order valence-corrected chi connectivity index (χ2v) is 4.04. The maximum absolute atomic E-state index is 13.1. The third-order valence-corrected chi connectivity index (χ3v) is 2.88. The average molecular weight is 255 g/mol. The van der Waals surface area contributed by atoms with Crippen LogP contribution in [0.1, 0.15) is 11.3 Å². The molecule has 1 heterocycles. The highest BCUT2D eigenvalue weighted by Gasteiger charge is 2.10. The van der Waals surface area contributed by atoms with E-state index in [1.54, 1.807) is 13.8 Å². The number of aromatic nitrogens is 2. The second kappa shape index (κ2) is 4.37. The molecule has 2 nitrogen and oxygen atoms in total. The Kier molecular flexibility index (Phi) is 3.07. The lowest BCUT2D eigenvalue weighted by atomic mass is 10.2. The molecular weight excluding hydrogens is 246 g/mol. The minimum Gasteiger partial charge on any atom is -0.233 e. The number of aryl methyl sites for hydroxylation is 1. The third-order valence-electron chi connectivity index (χ3n) is 2.51. The van der Waals surface area contributed by atoms with Crippen LogP contribution < -0.4 is 0 Å². The first-order valence-corrected chi connectivity index (χ1v) is 5.33. The molecule has 0 unspecified atom stereocenters. The molecule has 0 N–H and O–H groups in total. The molecule has 88 valence electrons. The second-order valence-electron chi connectivity index (χ2n) is 3.68. The lowest BCUT2D eigenvalue weighted by Gasteiger charge is -2.06. The summed E-state index contributed by atoms with van der Waals surface area (Å²) in [5, 5.41) is 0.317. The largest absolute Gasteiger partial charge is 0.233 e. The molecule has 0 aliphatic heterocycles. The van der Waals surface area contributed by atoms with E-state index < -0.39 is 11.6 Å². The van der Waals surface area contributed by atoms with Crippen LogP contribution in [0, 0.1) is 25.5 Å². The molecule has 0 bridgehead atoms. The fourth-order valence-corrected chi connectivity index (χ4v) is 1.57. The van der Waals surface area contributed by atoms with E-state index in [0.29, 0.717) is 16.4 Å². The van der Waals surface area contributed by atoms with Gasteiger partial charge in [0.1, 0.15) is 5.15 Å². The van der Waals surface area contributed by atoms with Gasteiger partial charge in [-0.05, 0) is 32.0 Å². The van der Waals surface area contributed by atoms with E-state index in [4.69, 9.17) is 11.6 Å². The van der Waals surface area contributed by atoms with Gasteiger partial charge in [-0.15, -0.1) is 0 Å².